The summed E-state index contributed by atoms with van der Waals surface area (Å²) in [4.78, 5) is 7.34. The summed E-state index contributed by atoms with van der Waals surface area (Å²) in [5.74, 6) is 0. The van der Waals surface area contributed by atoms with E-state index in [0.29, 0.717) is 0 Å². The Labute approximate surface area is 102 Å². The summed E-state index contributed by atoms with van der Waals surface area (Å²) >= 11 is 4.26. The van der Waals surface area contributed by atoms with Gasteiger partial charge in [-0.15, -0.1) is 12.6 Å². The quantitative estimate of drug-likeness (QED) is 0.462. The summed E-state index contributed by atoms with van der Waals surface area (Å²) < 4.78 is 5.68. The lowest BCUT2D eigenvalue weighted by atomic mass is 9.95. The number of ether oxygens (including phenoxy) is 1. The lowest BCUT2D eigenvalue weighted by Gasteiger charge is -2.31. The van der Waals surface area contributed by atoms with Crippen LogP contribution in [0.1, 0.15) is 26.2 Å². The molecule has 0 amide bonds. The minimum absolute atomic E-state index is 0.000221. The van der Waals surface area contributed by atoms with Crippen molar-refractivity contribution in [2.24, 2.45) is 5.16 Å². The Balaban J connectivity index is 2.02. The van der Waals surface area contributed by atoms with Crippen LogP contribution >= 0.6 is 12.6 Å². The Bertz CT molecular complexity index is 283. The second-order valence-corrected chi connectivity index (χ2v) is 5.40. The zero-order chi connectivity index (χ0) is 11.6. The van der Waals surface area contributed by atoms with Crippen molar-refractivity contribution in [1.82, 2.24) is 4.90 Å². The van der Waals surface area contributed by atoms with Crippen molar-refractivity contribution in [3.63, 3.8) is 0 Å². The molecule has 0 aromatic rings. The van der Waals surface area contributed by atoms with Crippen LogP contribution in [0.2, 0.25) is 0 Å². The number of hydrogen-bond acceptors (Lipinski definition) is 5. The van der Waals surface area contributed by atoms with Gasteiger partial charge in [0.15, 0.2) is 0 Å². The fourth-order valence-corrected chi connectivity index (χ4v) is 2.85. The third-order valence-electron chi connectivity index (χ3n) is 3.46. The molecule has 0 aliphatic carbocycles. The summed E-state index contributed by atoms with van der Waals surface area (Å²) in [6.07, 6.45) is 3.42. The van der Waals surface area contributed by atoms with Gasteiger partial charge in [0.1, 0.15) is 7.11 Å². The largest absolute Gasteiger partial charge is 0.399 e. The number of hydrogen-bond donors (Lipinski definition) is 1. The predicted molar refractivity (Wildman–Crippen MR) is 67.0 cm³/mol. The molecule has 0 N–H and O–H groups in total. The molecule has 2 heterocycles. The van der Waals surface area contributed by atoms with Crippen LogP contribution in [0, 0.1) is 0 Å². The van der Waals surface area contributed by atoms with Crippen LogP contribution in [0.4, 0.5) is 0 Å². The molecule has 0 spiro atoms. The summed E-state index contributed by atoms with van der Waals surface area (Å²) in [6.45, 7) is 4.78. The van der Waals surface area contributed by atoms with E-state index < -0.39 is 0 Å². The molecular formula is C11H20N2O2S. The second kappa shape index (κ2) is 4.94. The van der Waals surface area contributed by atoms with Crippen LogP contribution in [0.15, 0.2) is 5.16 Å². The first-order valence-electron chi connectivity index (χ1n) is 5.80. The highest BCUT2D eigenvalue weighted by Crippen LogP contribution is 2.38. The highest BCUT2D eigenvalue weighted by molar-refractivity contribution is 7.80. The van der Waals surface area contributed by atoms with Crippen LogP contribution in [0.25, 0.3) is 0 Å². The molecule has 2 aliphatic rings. The maximum atomic E-state index is 5.68. The highest BCUT2D eigenvalue weighted by Gasteiger charge is 2.47. The molecule has 16 heavy (non-hydrogen) atoms. The Morgan fingerprint density at radius 2 is 2.44 bits per heavy atom. The lowest BCUT2D eigenvalue weighted by molar-refractivity contribution is 0.0299. The smallest absolute Gasteiger partial charge is 0.106 e. The molecule has 2 rings (SSSR count). The van der Waals surface area contributed by atoms with Gasteiger partial charge in [-0.25, -0.2) is 0 Å². The van der Waals surface area contributed by atoms with Gasteiger partial charge in [-0.3, -0.25) is 4.90 Å². The lowest BCUT2D eigenvalue weighted by Crippen LogP contribution is -2.42. The van der Waals surface area contributed by atoms with Crippen molar-refractivity contribution >= 4 is 18.3 Å². The third-order valence-corrected chi connectivity index (χ3v) is 3.61. The molecule has 5 heteroatoms. The number of thiol groups is 1. The summed E-state index contributed by atoms with van der Waals surface area (Å²) in [6, 6.07) is 0. The summed E-state index contributed by atoms with van der Waals surface area (Å²) in [5.41, 5.74) is 1.30. The normalized spacial score (nSPS) is 34.3. The molecule has 4 nitrogen and oxygen atoms in total. The van der Waals surface area contributed by atoms with Crippen LogP contribution in [0.5, 0.6) is 0 Å². The second-order valence-electron chi connectivity index (χ2n) is 4.68. The summed E-state index contributed by atoms with van der Waals surface area (Å²) in [7, 11) is 1.61. The minimum Gasteiger partial charge on any atom is -0.399 e. The molecule has 2 fully saturated rings. The molecule has 2 atom stereocenters. The Morgan fingerprint density at radius 1 is 1.62 bits per heavy atom. The van der Waals surface area contributed by atoms with E-state index in [-0.39, 0.29) is 11.0 Å². The van der Waals surface area contributed by atoms with Crippen LogP contribution < -0.4 is 0 Å². The van der Waals surface area contributed by atoms with Gasteiger partial charge in [0.25, 0.3) is 0 Å². The highest BCUT2D eigenvalue weighted by atomic mass is 32.1. The average Bonchev–Trinajstić information content (AvgIpc) is 2.72. The molecule has 0 bridgehead atoms. The fraction of sp³-hybridized carbons (Fsp3) is 0.909. The topological polar surface area (TPSA) is 34.1 Å². The van der Waals surface area contributed by atoms with Gasteiger partial charge in [-0.05, 0) is 26.3 Å². The van der Waals surface area contributed by atoms with Crippen LogP contribution in [-0.2, 0) is 9.57 Å². The first-order valence-corrected chi connectivity index (χ1v) is 6.31. The van der Waals surface area contributed by atoms with Crippen LogP contribution in [-0.4, -0.2) is 48.4 Å². The van der Waals surface area contributed by atoms with E-state index in [0.717, 1.165) is 31.8 Å². The van der Waals surface area contributed by atoms with Gasteiger partial charge in [0.05, 0.1) is 23.3 Å². The van der Waals surface area contributed by atoms with E-state index >= 15 is 0 Å². The Kier molecular flexibility index (Phi) is 3.77. The van der Waals surface area contributed by atoms with E-state index in [2.05, 4.69) is 22.7 Å². The van der Waals surface area contributed by atoms with Crippen molar-refractivity contribution in [2.75, 3.05) is 26.8 Å². The molecule has 2 saturated heterocycles. The maximum Gasteiger partial charge on any atom is 0.106 e. The monoisotopic (exact) mass is 244 g/mol. The molecule has 2 aliphatic heterocycles. The SMILES string of the molecule is CO/N=C1\CN2CCCC2(COC(C)S)C1. The van der Waals surface area contributed by atoms with Gasteiger partial charge in [0, 0.05) is 13.0 Å². The molecule has 0 aromatic heterocycles. The van der Waals surface area contributed by atoms with Gasteiger partial charge in [-0.2, -0.15) is 0 Å². The number of fused-ring (bicyclic) bond motifs is 1. The fourth-order valence-electron chi connectivity index (χ4n) is 2.78. The van der Waals surface area contributed by atoms with Crippen molar-refractivity contribution in [3.05, 3.63) is 0 Å². The zero-order valence-corrected chi connectivity index (χ0v) is 10.9. The standard InChI is InChI=1S/C11H20N2O2S/c1-9(16)15-8-11-4-3-5-13(11)7-10(6-11)12-14-2/h9,16H,3-8H2,1-2H3/b12-10-. The molecule has 0 aromatic carbocycles. The van der Waals surface area contributed by atoms with Gasteiger partial charge in [-0.1, -0.05) is 5.16 Å². The molecule has 0 radical (unpaired) electrons. The molecular weight excluding hydrogens is 224 g/mol. The maximum absolute atomic E-state index is 5.68. The molecule has 92 valence electrons. The van der Waals surface area contributed by atoms with Crippen molar-refractivity contribution < 1.29 is 9.57 Å². The van der Waals surface area contributed by atoms with E-state index in [1.165, 1.54) is 12.8 Å². The van der Waals surface area contributed by atoms with Crippen LogP contribution in [0.3, 0.4) is 0 Å². The Hall–Kier alpha value is -0.260. The van der Waals surface area contributed by atoms with Gasteiger partial charge in [0.2, 0.25) is 0 Å². The summed E-state index contributed by atoms with van der Waals surface area (Å²) in [5, 5.41) is 4.08. The number of nitrogens with zero attached hydrogens (tertiary/aromatic N) is 2. The van der Waals surface area contributed by atoms with Crippen molar-refractivity contribution in [2.45, 2.75) is 37.2 Å². The average molecular weight is 244 g/mol. The van der Waals surface area contributed by atoms with Crippen molar-refractivity contribution in [3.8, 4) is 0 Å². The van der Waals surface area contributed by atoms with E-state index in [9.17, 15) is 0 Å². The minimum atomic E-state index is 0.000221. The van der Waals surface area contributed by atoms with E-state index in [1.807, 2.05) is 6.92 Å². The van der Waals surface area contributed by atoms with E-state index in [4.69, 9.17) is 9.57 Å². The predicted octanol–water partition coefficient (Wildman–Crippen LogP) is 1.52. The first kappa shape index (κ1) is 12.2. The third kappa shape index (κ3) is 2.36. The van der Waals surface area contributed by atoms with Crippen molar-refractivity contribution in [1.29, 1.82) is 0 Å². The first-order chi connectivity index (χ1) is 7.66. The molecule has 0 saturated carbocycles. The Morgan fingerprint density at radius 3 is 3.12 bits per heavy atom. The number of oxime groups is 1. The van der Waals surface area contributed by atoms with Gasteiger partial charge >= 0.3 is 0 Å². The number of rotatable bonds is 4. The van der Waals surface area contributed by atoms with Gasteiger partial charge < -0.3 is 9.57 Å². The zero-order valence-electron chi connectivity index (χ0n) is 9.98. The molecule has 2 unspecified atom stereocenters. The van der Waals surface area contributed by atoms with E-state index in [1.54, 1.807) is 7.11 Å².